The molecule has 0 fully saturated rings. The van der Waals surface area contributed by atoms with Crippen molar-refractivity contribution in [1.82, 2.24) is 14.8 Å². The smallest absolute Gasteiger partial charge is 1.00 e. The Kier molecular flexibility index (Phi) is 10.5. The van der Waals surface area contributed by atoms with Gasteiger partial charge in [0, 0.05) is 39.6 Å². The van der Waals surface area contributed by atoms with Crippen LogP contribution in [0.25, 0.3) is 0 Å². The molecule has 1 aromatic heterocycles. The molecular formula is C23H23Cl3FeN7. The van der Waals surface area contributed by atoms with Gasteiger partial charge in [0.25, 0.3) is 0 Å². The molecule has 0 saturated carbocycles. The Bertz CT molecular complexity index is 1090. The second kappa shape index (κ2) is 12.0. The number of hydrogen-bond donors (Lipinski definition) is 0. The van der Waals surface area contributed by atoms with E-state index >= 15 is 0 Å². The molecule has 7 nitrogen and oxygen atoms in total. The van der Waals surface area contributed by atoms with Crippen LogP contribution in [0.15, 0.2) is 86.0 Å². The van der Waals surface area contributed by atoms with Crippen molar-refractivity contribution in [3.05, 3.63) is 77.4 Å². The van der Waals surface area contributed by atoms with Gasteiger partial charge in [0.2, 0.25) is 0 Å². The third-order valence-corrected chi connectivity index (χ3v) is 5.33. The molecule has 1 radical (unpaired) electrons. The fourth-order valence-corrected chi connectivity index (χ4v) is 3.61. The van der Waals surface area contributed by atoms with Gasteiger partial charge in [-0.1, -0.05) is 18.2 Å². The zero-order valence-electron chi connectivity index (χ0n) is 19.0. The van der Waals surface area contributed by atoms with Gasteiger partial charge in [-0.2, -0.15) is 0 Å². The van der Waals surface area contributed by atoms with Crippen LogP contribution in [0, 0.1) is 0 Å². The van der Waals surface area contributed by atoms with Crippen molar-refractivity contribution in [1.29, 1.82) is 0 Å². The van der Waals surface area contributed by atoms with Crippen molar-refractivity contribution in [2.24, 2.45) is 20.0 Å². The van der Waals surface area contributed by atoms with E-state index in [9.17, 15) is 0 Å². The molecule has 0 bridgehead atoms. The second-order valence-corrected chi connectivity index (χ2v) is 7.92. The van der Waals surface area contributed by atoms with Crippen molar-refractivity contribution in [2.45, 2.75) is 12.1 Å². The zero-order chi connectivity index (χ0) is 20.8. The number of nitrogens with zero attached hydrogens (tertiary/aromatic N) is 7. The predicted molar refractivity (Wildman–Crippen MR) is 122 cm³/mol. The first kappa shape index (κ1) is 29.8. The van der Waals surface area contributed by atoms with Gasteiger partial charge < -0.3 is 47.0 Å². The maximum Gasteiger partial charge on any atom is 3.00 e. The van der Waals surface area contributed by atoms with Crippen molar-refractivity contribution >= 4 is 23.1 Å². The average molecular weight is 560 g/mol. The van der Waals surface area contributed by atoms with E-state index in [-0.39, 0.29) is 66.4 Å². The molecule has 34 heavy (non-hydrogen) atoms. The van der Waals surface area contributed by atoms with Crippen LogP contribution in [-0.2, 0) is 17.1 Å². The minimum Gasteiger partial charge on any atom is -1.00 e. The third-order valence-electron chi connectivity index (χ3n) is 5.33. The fourth-order valence-electron chi connectivity index (χ4n) is 3.61. The van der Waals surface area contributed by atoms with Gasteiger partial charge in [-0.15, -0.1) is 0 Å². The van der Waals surface area contributed by atoms with E-state index in [4.69, 9.17) is 25.0 Å². The van der Waals surface area contributed by atoms with E-state index in [1.54, 1.807) is 0 Å². The average Bonchev–Trinajstić information content (AvgIpc) is 3.36. The summed E-state index contributed by atoms with van der Waals surface area (Å²) < 4.78 is 0. The number of aliphatic imine (C=N–C) groups is 4. The number of allylic oxidation sites excluding steroid dienone is 2. The van der Waals surface area contributed by atoms with E-state index < -0.39 is 0 Å². The van der Waals surface area contributed by atoms with Crippen LogP contribution in [0.4, 0.5) is 0 Å². The van der Waals surface area contributed by atoms with Gasteiger partial charge in [0.1, 0.15) is 23.5 Å². The van der Waals surface area contributed by atoms with Gasteiger partial charge in [0.05, 0.1) is 11.4 Å². The van der Waals surface area contributed by atoms with Crippen LogP contribution < -0.4 is 37.2 Å². The summed E-state index contributed by atoms with van der Waals surface area (Å²) in [5.41, 5.74) is 5.58. The predicted octanol–water partition coefficient (Wildman–Crippen LogP) is -6.74. The third kappa shape index (κ3) is 5.70. The van der Waals surface area contributed by atoms with Crippen LogP contribution in [0.1, 0.15) is 11.4 Å². The Hall–Kier alpha value is -2.22. The maximum atomic E-state index is 4.77. The number of aromatic nitrogens is 1. The normalized spacial score (nSPS) is 20.8. The molecule has 5 rings (SSSR count). The number of rotatable bonds is 4. The zero-order valence-corrected chi connectivity index (χ0v) is 22.3. The molecule has 11 heteroatoms. The SMILES string of the molecule is CN(C)C1=CC2=NC(c3cccc(C4=NC5C=CC(N(C)C)=CC5=N4)n3)=NC2C=C1.[Cl-].[Cl-].[Cl-].[Fe+3]. The number of halogens is 3. The van der Waals surface area contributed by atoms with Crippen molar-refractivity contribution < 1.29 is 54.3 Å². The van der Waals surface area contributed by atoms with E-state index in [0.29, 0.717) is 11.7 Å². The Labute approximate surface area is 229 Å². The topological polar surface area (TPSA) is 68.8 Å². The molecule has 4 aliphatic rings. The van der Waals surface area contributed by atoms with Gasteiger partial charge in [0.15, 0.2) is 11.7 Å². The number of pyridine rings is 1. The van der Waals surface area contributed by atoms with Crippen molar-refractivity contribution in [3.8, 4) is 0 Å². The molecule has 2 atom stereocenters. The summed E-state index contributed by atoms with van der Waals surface area (Å²) in [6, 6.07) is 5.75. The van der Waals surface area contributed by atoms with Crippen LogP contribution in [0.2, 0.25) is 0 Å². The Morgan fingerprint density at radius 2 is 1.09 bits per heavy atom. The van der Waals surface area contributed by atoms with Gasteiger partial charge in [-0.3, -0.25) is 9.98 Å². The van der Waals surface area contributed by atoms with Crippen molar-refractivity contribution in [2.75, 3.05) is 28.2 Å². The quantitative estimate of drug-likeness (QED) is 0.345. The number of likely N-dealkylation sites (N-methyl/N-ethyl adjacent to an activating group) is 2. The van der Waals surface area contributed by atoms with E-state index in [1.807, 2.05) is 46.4 Å². The first-order chi connectivity index (χ1) is 14.5. The Morgan fingerprint density at radius 1 is 0.676 bits per heavy atom. The van der Waals surface area contributed by atoms with E-state index in [0.717, 1.165) is 34.2 Å². The standard InChI is InChI=1S/C23H23N7.3ClH.Fe/c1-29(2)14-8-10-16-20(12-14)27-22(25-16)18-6-5-7-19(24-18)23-26-17-11-9-15(30(3)4)13-21(17)28-23;;;;/h5-13,16-17H,1-4H3;3*1H;/q;;;;+3/p-3. The summed E-state index contributed by atoms with van der Waals surface area (Å²) in [5.74, 6) is 1.30. The molecule has 1 aromatic rings. The summed E-state index contributed by atoms with van der Waals surface area (Å²) in [7, 11) is 8.08. The Balaban J connectivity index is 0.00000144. The van der Waals surface area contributed by atoms with E-state index in [2.05, 4.69) is 46.3 Å². The minimum absolute atomic E-state index is 0. The van der Waals surface area contributed by atoms with Crippen LogP contribution in [0.3, 0.4) is 0 Å². The molecular weight excluding hydrogens is 537 g/mol. The molecule has 0 amide bonds. The van der Waals surface area contributed by atoms with E-state index in [1.165, 1.54) is 0 Å². The summed E-state index contributed by atoms with van der Waals surface area (Å²) >= 11 is 0. The molecule has 0 saturated heterocycles. The molecule has 2 unspecified atom stereocenters. The Morgan fingerprint density at radius 3 is 1.47 bits per heavy atom. The van der Waals surface area contributed by atoms with Gasteiger partial charge in [-0.25, -0.2) is 15.0 Å². The summed E-state index contributed by atoms with van der Waals surface area (Å²) in [6.07, 6.45) is 12.4. The summed E-state index contributed by atoms with van der Waals surface area (Å²) in [5, 5.41) is 0. The van der Waals surface area contributed by atoms with Crippen molar-refractivity contribution in [3.63, 3.8) is 0 Å². The number of fused-ring (bicyclic) bond motifs is 2. The largest absolute Gasteiger partial charge is 3.00 e. The van der Waals surface area contributed by atoms with Gasteiger partial charge in [-0.05, 0) is 36.4 Å². The number of hydrogen-bond acceptors (Lipinski definition) is 7. The van der Waals surface area contributed by atoms with Crippen LogP contribution in [-0.4, -0.2) is 78.2 Å². The summed E-state index contributed by atoms with van der Waals surface area (Å²) in [6.45, 7) is 0. The monoisotopic (exact) mass is 558 g/mol. The number of amidine groups is 2. The molecule has 179 valence electrons. The first-order valence-corrected chi connectivity index (χ1v) is 9.93. The minimum atomic E-state index is -0.0409. The molecule has 0 aromatic carbocycles. The van der Waals surface area contributed by atoms with Crippen LogP contribution >= 0.6 is 0 Å². The maximum absolute atomic E-state index is 4.77. The van der Waals surface area contributed by atoms with Crippen LogP contribution in [0.5, 0.6) is 0 Å². The first-order valence-electron chi connectivity index (χ1n) is 9.93. The van der Waals surface area contributed by atoms with Gasteiger partial charge >= 0.3 is 17.1 Å². The summed E-state index contributed by atoms with van der Waals surface area (Å²) in [4.78, 5) is 27.8. The molecule has 0 N–H and O–H groups in total. The molecule has 2 aliphatic heterocycles. The molecule has 0 spiro atoms. The molecule has 2 aliphatic carbocycles. The second-order valence-electron chi connectivity index (χ2n) is 7.92. The fraction of sp³-hybridized carbons (Fsp3) is 0.261. The molecule has 3 heterocycles.